The number of benzene rings is 1. The van der Waals surface area contributed by atoms with E-state index in [2.05, 4.69) is 10.2 Å². The van der Waals surface area contributed by atoms with Crippen LogP contribution in [0.1, 0.15) is 30.7 Å². The Morgan fingerprint density at radius 2 is 2.23 bits per heavy atom. The summed E-state index contributed by atoms with van der Waals surface area (Å²) in [7, 11) is 0. The van der Waals surface area contributed by atoms with Gasteiger partial charge in [-0.2, -0.15) is 0 Å². The smallest absolute Gasteiger partial charge is 0.234 e. The first kappa shape index (κ1) is 15.4. The second kappa shape index (κ2) is 7.20. The monoisotopic (exact) mass is 306 g/mol. The first-order valence-corrected chi connectivity index (χ1v) is 8.07. The summed E-state index contributed by atoms with van der Waals surface area (Å²) in [6.45, 7) is 3.37. The number of carbonyl (C=O) groups excluding carboxylic acids is 1. The molecule has 1 N–H and O–H groups in total. The SMILES string of the molecule is O=C(CN1CC[C@H](c2ccccc2F)C1)NC[C@H]1CCCO1. The van der Waals surface area contributed by atoms with Gasteiger partial charge in [0, 0.05) is 25.6 Å². The second-order valence-corrected chi connectivity index (χ2v) is 6.18. The number of amides is 1. The summed E-state index contributed by atoms with van der Waals surface area (Å²) in [6, 6.07) is 6.94. The number of hydrogen-bond acceptors (Lipinski definition) is 3. The number of likely N-dealkylation sites (tertiary alicyclic amines) is 1. The minimum Gasteiger partial charge on any atom is -0.376 e. The van der Waals surface area contributed by atoms with Gasteiger partial charge in [0.25, 0.3) is 0 Å². The zero-order chi connectivity index (χ0) is 15.4. The molecule has 2 fully saturated rings. The van der Waals surface area contributed by atoms with E-state index in [0.717, 1.165) is 44.5 Å². The lowest BCUT2D eigenvalue weighted by Crippen LogP contribution is -2.39. The fourth-order valence-electron chi connectivity index (χ4n) is 3.33. The molecule has 0 saturated carbocycles. The predicted molar refractivity (Wildman–Crippen MR) is 82.2 cm³/mol. The van der Waals surface area contributed by atoms with Gasteiger partial charge >= 0.3 is 0 Å². The van der Waals surface area contributed by atoms with E-state index in [0.29, 0.717) is 13.1 Å². The molecule has 1 amide bonds. The molecule has 0 aliphatic carbocycles. The maximum absolute atomic E-state index is 13.8. The van der Waals surface area contributed by atoms with E-state index in [1.165, 1.54) is 6.07 Å². The van der Waals surface area contributed by atoms with Crippen LogP contribution in [0, 0.1) is 5.82 Å². The van der Waals surface area contributed by atoms with Crippen molar-refractivity contribution in [3.8, 4) is 0 Å². The standard InChI is InChI=1S/C17H23FN2O2/c18-16-6-2-1-5-15(16)13-7-8-20(11-13)12-17(21)19-10-14-4-3-9-22-14/h1-2,5-6,13-14H,3-4,7-12H2,(H,19,21)/t13-,14+/m0/s1. The van der Waals surface area contributed by atoms with Gasteiger partial charge < -0.3 is 10.1 Å². The first-order valence-electron chi connectivity index (χ1n) is 8.07. The number of ether oxygens (including phenoxy) is 1. The lowest BCUT2D eigenvalue weighted by Gasteiger charge is -2.17. The molecule has 22 heavy (non-hydrogen) atoms. The zero-order valence-electron chi connectivity index (χ0n) is 12.8. The summed E-state index contributed by atoms with van der Waals surface area (Å²) < 4.78 is 19.3. The van der Waals surface area contributed by atoms with Crippen molar-refractivity contribution in [3.63, 3.8) is 0 Å². The van der Waals surface area contributed by atoms with E-state index in [1.807, 2.05) is 12.1 Å². The van der Waals surface area contributed by atoms with Crippen molar-refractivity contribution in [3.05, 3.63) is 35.6 Å². The molecule has 120 valence electrons. The molecule has 1 aromatic carbocycles. The summed E-state index contributed by atoms with van der Waals surface area (Å²) in [4.78, 5) is 14.1. The number of nitrogens with one attached hydrogen (secondary N) is 1. The Morgan fingerprint density at radius 1 is 1.36 bits per heavy atom. The maximum atomic E-state index is 13.8. The molecule has 3 rings (SSSR count). The van der Waals surface area contributed by atoms with Gasteiger partial charge in [-0.15, -0.1) is 0 Å². The molecule has 2 atom stereocenters. The van der Waals surface area contributed by atoms with E-state index in [1.54, 1.807) is 6.07 Å². The van der Waals surface area contributed by atoms with Gasteiger partial charge in [0.1, 0.15) is 5.82 Å². The molecular weight excluding hydrogens is 283 g/mol. The van der Waals surface area contributed by atoms with Gasteiger partial charge in [-0.25, -0.2) is 4.39 Å². The van der Waals surface area contributed by atoms with Crippen molar-refractivity contribution in [2.45, 2.75) is 31.3 Å². The second-order valence-electron chi connectivity index (χ2n) is 6.18. The van der Waals surface area contributed by atoms with Crippen molar-refractivity contribution in [2.75, 3.05) is 32.8 Å². The lowest BCUT2D eigenvalue weighted by atomic mass is 9.98. The highest BCUT2D eigenvalue weighted by molar-refractivity contribution is 5.78. The van der Waals surface area contributed by atoms with Crippen LogP contribution >= 0.6 is 0 Å². The third-order valence-electron chi connectivity index (χ3n) is 4.54. The third kappa shape index (κ3) is 3.84. The zero-order valence-corrected chi connectivity index (χ0v) is 12.8. The highest BCUT2D eigenvalue weighted by Gasteiger charge is 2.27. The fraction of sp³-hybridized carbons (Fsp3) is 0.588. The highest BCUT2D eigenvalue weighted by Crippen LogP contribution is 2.28. The molecule has 2 aliphatic heterocycles. The highest BCUT2D eigenvalue weighted by atomic mass is 19.1. The van der Waals surface area contributed by atoms with E-state index in [4.69, 9.17) is 4.74 Å². The Bertz CT molecular complexity index is 517. The third-order valence-corrected chi connectivity index (χ3v) is 4.54. The summed E-state index contributed by atoms with van der Waals surface area (Å²) >= 11 is 0. The topological polar surface area (TPSA) is 41.6 Å². The van der Waals surface area contributed by atoms with Crippen LogP contribution in [0.25, 0.3) is 0 Å². The Kier molecular flexibility index (Phi) is 5.05. The molecule has 2 aliphatic rings. The van der Waals surface area contributed by atoms with Crippen LogP contribution in [0.3, 0.4) is 0 Å². The summed E-state index contributed by atoms with van der Waals surface area (Å²) in [6.07, 6.45) is 3.18. The molecule has 0 unspecified atom stereocenters. The average Bonchev–Trinajstić information content (AvgIpc) is 3.17. The molecule has 0 radical (unpaired) electrons. The number of hydrogen-bond donors (Lipinski definition) is 1. The maximum Gasteiger partial charge on any atom is 0.234 e. The lowest BCUT2D eigenvalue weighted by molar-refractivity contribution is -0.122. The van der Waals surface area contributed by atoms with Crippen molar-refractivity contribution >= 4 is 5.91 Å². The Morgan fingerprint density at radius 3 is 3.00 bits per heavy atom. The molecule has 4 nitrogen and oxygen atoms in total. The van der Waals surface area contributed by atoms with Crippen LogP contribution in [0.2, 0.25) is 0 Å². The number of rotatable bonds is 5. The van der Waals surface area contributed by atoms with Gasteiger partial charge in [0.05, 0.1) is 12.6 Å². The number of carbonyl (C=O) groups is 1. The Balaban J connectivity index is 1.44. The summed E-state index contributed by atoms with van der Waals surface area (Å²) in [5.74, 6) is 0.0778. The number of nitrogens with zero attached hydrogens (tertiary/aromatic N) is 1. The minimum absolute atomic E-state index is 0.0321. The largest absolute Gasteiger partial charge is 0.376 e. The van der Waals surface area contributed by atoms with Crippen molar-refractivity contribution in [1.29, 1.82) is 0 Å². The van der Waals surface area contributed by atoms with Crippen LogP contribution in [0.15, 0.2) is 24.3 Å². The Hall–Kier alpha value is -1.46. The Labute approximate surface area is 130 Å². The van der Waals surface area contributed by atoms with E-state index < -0.39 is 0 Å². The molecule has 2 saturated heterocycles. The number of halogens is 1. The van der Waals surface area contributed by atoms with Gasteiger partial charge in [-0.3, -0.25) is 9.69 Å². The molecule has 5 heteroatoms. The van der Waals surface area contributed by atoms with Gasteiger partial charge in [0.2, 0.25) is 5.91 Å². The first-order chi connectivity index (χ1) is 10.7. The van der Waals surface area contributed by atoms with E-state index >= 15 is 0 Å². The van der Waals surface area contributed by atoms with Gasteiger partial charge in [0.15, 0.2) is 0 Å². The van der Waals surface area contributed by atoms with Crippen molar-refractivity contribution < 1.29 is 13.9 Å². The van der Waals surface area contributed by atoms with Crippen molar-refractivity contribution in [1.82, 2.24) is 10.2 Å². The van der Waals surface area contributed by atoms with E-state index in [-0.39, 0.29) is 23.7 Å². The summed E-state index contributed by atoms with van der Waals surface area (Å²) in [5.41, 5.74) is 0.768. The van der Waals surface area contributed by atoms with Crippen LogP contribution in [-0.4, -0.2) is 49.7 Å². The van der Waals surface area contributed by atoms with Crippen molar-refractivity contribution in [2.24, 2.45) is 0 Å². The molecule has 0 spiro atoms. The van der Waals surface area contributed by atoms with Crippen LogP contribution in [0.4, 0.5) is 4.39 Å². The summed E-state index contributed by atoms with van der Waals surface area (Å²) in [5, 5.41) is 2.94. The molecular formula is C17H23FN2O2. The van der Waals surface area contributed by atoms with Crippen LogP contribution < -0.4 is 5.32 Å². The predicted octanol–water partition coefficient (Wildman–Crippen LogP) is 1.91. The minimum atomic E-state index is -0.141. The van der Waals surface area contributed by atoms with Gasteiger partial charge in [-0.05, 0) is 37.4 Å². The molecule has 1 aromatic rings. The average molecular weight is 306 g/mol. The fourth-order valence-corrected chi connectivity index (χ4v) is 3.33. The normalized spacial score (nSPS) is 25.5. The molecule has 0 bridgehead atoms. The van der Waals surface area contributed by atoms with Gasteiger partial charge in [-0.1, -0.05) is 18.2 Å². The van der Waals surface area contributed by atoms with E-state index in [9.17, 15) is 9.18 Å². The molecule has 0 aromatic heterocycles. The quantitative estimate of drug-likeness (QED) is 0.903. The molecule has 2 heterocycles. The van der Waals surface area contributed by atoms with Crippen LogP contribution in [-0.2, 0) is 9.53 Å². The van der Waals surface area contributed by atoms with Crippen LogP contribution in [0.5, 0.6) is 0 Å².